The number of nitrogen functional groups attached to an aromatic ring is 1. The van der Waals surface area contributed by atoms with E-state index in [1.54, 1.807) is 12.1 Å². The minimum absolute atomic E-state index is 0.413. The minimum atomic E-state index is -0.508. The van der Waals surface area contributed by atoms with E-state index in [-0.39, 0.29) is 0 Å². The molecule has 0 aliphatic heterocycles. The summed E-state index contributed by atoms with van der Waals surface area (Å²) in [4.78, 5) is 13.6. The van der Waals surface area contributed by atoms with E-state index < -0.39 is 11.9 Å². The van der Waals surface area contributed by atoms with Crippen LogP contribution in [0.15, 0.2) is 21.3 Å². The van der Waals surface area contributed by atoms with Gasteiger partial charge in [-0.1, -0.05) is 13.8 Å². The number of aliphatic hydroxyl groups excluding tert-OH is 1. The molecule has 0 radical (unpaired) electrons. The number of fused-ring (bicyclic) bond motifs is 1. The summed E-state index contributed by atoms with van der Waals surface area (Å²) >= 11 is 0. The summed E-state index contributed by atoms with van der Waals surface area (Å²) in [7, 11) is 0. The largest absolute Gasteiger partial charge is 0.417 e. The molecule has 0 amide bonds. The predicted octanol–water partition coefficient (Wildman–Crippen LogP) is 1.52. The molecule has 0 saturated carbocycles. The van der Waals surface area contributed by atoms with Crippen LogP contribution >= 0.6 is 0 Å². The molecule has 6 heteroatoms. The lowest BCUT2D eigenvalue weighted by Gasteiger charge is -2.15. The molecule has 1 heterocycles. The van der Waals surface area contributed by atoms with E-state index in [2.05, 4.69) is 24.1 Å². The van der Waals surface area contributed by atoms with Crippen molar-refractivity contribution in [3.63, 3.8) is 0 Å². The van der Waals surface area contributed by atoms with Crippen molar-refractivity contribution in [3.05, 3.63) is 22.7 Å². The lowest BCUT2D eigenvalue weighted by molar-refractivity contribution is 0.161. The maximum absolute atomic E-state index is 11.1. The third-order valence-electron chi connectivity index (χ3n) is 2.86. The second kappa shape index (κ2) is 5.36. The normalized spacial score (nSPS) is 13.1. The minimum Gasteiger partial charge on any atom is -0.408 e. The molecule has 6 nitrogen and oxygen atoms in total. The van der Waals surface area contributed by atoms with Gasteiger partial charge in [-0.05, 0) is 18.4 Å². The van der Waals surface area contributed by atoms with Crippen molar-refractivity contribution < 1.29 is 9.52 Å². The van der Waals surface area contributed by atoms with Crippen molar-refractivity contribution in [3.8, 4) is 0 Å². The molecule has 1 unspecified atom stereocenters. The Morgan fingerprint density at radius 3 is 2.89 bits per heavy atom. The van der Waals surface area contributed by atoms with E-state index in [0.29, 0.717) is 34.9 Å². The highest BCUT2D eigenvalue weighted by Gasteiger charge is 2.10. The fourth-order valence-electron chi connectivity index (χ4n) is 2.02. The lowest BCUT2D eigenvalue weighted by atomic mass is 10.1. The fourth-order valence-corrected chi connectivity index (χ4v) is 2.02. The van der Waals surface area contributed by atoms with Gasteiger partial charge < -0.3 is 20.6 Å². The molecule has 1 aromatic heterocycles. The smallest absolute Gasteiger partial charge is 0.408 e. The van der Waals surface area contributed by atoms with E-state index in [0.717, 1.165) is 6.42 Å². The molecule has 0 aliphatic rings. The number of benzene rings is 1. The summed E-state index contributed by atoms with van der Waals surface area (Å²) in [6.45, 7) is 4.52. The molecule has 2 rings (SSSR count). The van der Waals surface area contributed by atoms with Crippen LogP contribution in [0.25, 0.3) is 11.1 Å². The zero-order valence-electron chi connectivity index (χ0n) is 11.1. The first-order chi connectivity index (χ1) is 8.95. The quantitative estimate of drug-likeness (QED) is 0.614. The Balaban J connectivity index is 2.11. The second-order valence-corrected chi connectivity index (χ2v) is 5.11. The summed E-state index contributed by atoms with van der Waals surface area (Å²) in [6.07, 6.45) is 0.288. The van der Waals surface area contributed by atoms with Gasteiger partial charge in [-0.15, -0.1) is 0 Å². The number of H-pyrrole nitrogens is 1. The van der Waals surface area contributed by atoms with Crippen molar-refractivity contribution in [2.45, 2.75) is 26.4 Å². The van der Waals surface area contributed by atoms with Gasteiger partial charge in [-0.2, -0.15) is 0 Å². The molecule has 104 valence electrons. The van der Waals surface area contributed by atoms with Gasteiger partial charge >= 0.3 is 5.76 Å². The first kappa shape index (κ1) is 13.5. The Labute approximate surface area is 110 Å². The van der Waals surface area contributed by atoms with Crippen LogP contribution in [-0.2, 0) is 0 Å². The van der Waals surface area contributed by atoms with Gasteiger partial charge in [0, 0.05) is 12.6 Å². The average Bonchev–Trinajstić information content (AvgIpc) is 2.64. The van der Waals surface area contributed by atoms with Crippen molar-refractivity contribution in [1.82, 2.24) is 4.98 Å². The van der Waals surface area contributed by atoms with E-state index in [4.69, 9.17) is 10.2 Å². The third kappa shape index (κ3) is 3.29. The van der Waals surface area contributed by atoms with Crippen molar-refractivity contribution >= 4 is 22.5 Å². The molecule has 0 saturated heterocycles. The highest BCUT2D eigenvalue weighted by Crippen LogP contribution is 2.24. The molecule has 0 aliphatic carbocycles. The molecule has 2 aromatic rings. The fraction of sp³-hybridized carbons (Fsp3) is 0.462. The number of aromatic amines is 1. The summed E-state index contributed by atoms with van der Waals surface area (Å²) in [5, 5.41) is 12.9. The SMILES string of the molecule is CC(C)CC(O)CNc1cc2[nH]c(=O)oc2cc1N. The van der Waals surface area contributed by atoms with Gasteiger partial charge in [0.25, 0.3) is 0 Å². The molecule has 1 atom stereocenters. The first-order valence-corrected chi connectivity index (χ1v) is 6.30. The number of nitrogens with two attached hydrogens (primary N) is 1. The van der Waals surface area contributed by atoms with Crippen LogP contribution in [0.4, 0.5) is 11.4 Å². The lowest BCUT2D eigenvalue weighted by Crippen LogP contribution is -2.21. The second-order valence-electron chi connectivity index (χ2n) is 5.11. The zero-order valence-corrected chi connectivity index (χ0v) is 11.1. The highest BCUT2D eigenvalue weighted by atomic mass is 16.4. The van der Waals surface area contributed by atoms with Crippen molar-refractivity contribution in [2.24, 2.45) is 5.92 Å². The number of anilines is 2. The number of aromatic nitrogens is 1. The third-order valence-corrected chi connectivity index (χ3v) is 2.86. The molecule has 0 fully saturated rings. The topological polar surface area (TPSA) is 104 Å². The zero-order chi connectivity index (χ0) is 14.0. The van der Waals surface area contributed by atoms with Crippen LogP contribution in [0.1, 0.15) is 20.3 Å². The van der Waals surface area contributed by atoms with E-state index in [1.165, 1.54) is 0 Å². The number of aliphatic hydroxyl groups is 1. The van der Waals surface area contributed by atoms with Crippen LogP contribution in [0.5, 0.6) is 0 Å². The van der Waals surface area contributed by atoms with E-state index in [9.17, 15) is 9.90 Å². The highest BCUT2D eigenvalue weighted by molar-refractivity contribution is 5.85. The Kier molecular flexibility index (Phi) is 3.80. The van der Waals surface area contributed by atoms with Gasteiger partial charge in [-0.3, -0.25) is 4.98 Å². The van der Waals surface area contributed by atoms with Crippen molar-refractivity contribution in [1.29, 1.82) is 0 Å². The van der Waals surface area contributed by atoms with Gasteiger partial charge in [0.1, 0.15) is 0 Å². The van der Waals surface area contributed by atoms with Crippen LogP contribution in [-0.4, -0.2) is 22.7 Å². The summed E-state index contributed by atoms with van der Waals surface area (Å²) in [5.74, 6) is -0.0757. The van der Waals surface area contributed by atoms with Crippen LogP contribution < -0.4 is 16.8 Å². The molecule has 0 bridgehead atoms. The number of rotatable bonds is 5. The molecular weight excluding hydrogens is 246 g/mol. The average molecular weight is 265 g/mol. The summed E-state index contributed by atoms with van der Waals surface area (Å²) in [5.41, 5.74) is 8.03. The Morgan fingerprint density at radius 1 is 1.47 bits per heavy atom. The van der Waals surface area contributed by atoms with Crippen LogP contribution in [0.3, 0.4) is 0 Å². The summed E-state index contributed by atoms with van der Waals surface area (Å²) < 4.78 is 4.91. The Morgan fingerprint density at radius 2 is 2.21 bits per heavy atom. The van der Waals surface area contributed by atoms with Crippen molar-refractivity contribution in [2.75, 3.05) is 17.6 Å². The Hall–Kier alpha value is -1.95. The summed E-state index contributed by atoms with van der Waals surface area (Å²) in [6, 6.07) is 3.29. The number of hydrogen-bond acceptors (Lipinski definition) is 5. The molecule has 1 aromatic carbocycles. The van der Waals surface area contributed by atoms with Gasteiger partial charge in [0.05, 0.1) is 23.0 Å². The molecular formula is C13H19N3O3. The van der Waals surface area contributed by atoms with Gasteiger partial charge in [0.2, 0.25) is 0 Å². The van der Waals surface area contributed by atoms with Crippen LogP contribution in [0, 0.1) is 5.92 Å². The van der Waals surface area contributed by atoms with Crippen LogP contribution in [0.2, 0.25) is 0 Å². The molecule has 5 N–H and O–H groups in total. The standard InChI is InChI=1S/C13H19N3O3/c1-7(2)3-8(17)6-15-10-5-11-12(4-9(10)14)19-13(18)16-11/h4-5,7-8,15,17H,3,6,14H2,1-2H3,(H,16,18). The van der Waals surface area contributed by atoms with Gasteiger partial charge in [-0.25, -0.2) is 4.79 Å². The van der Waals surface area contributed by atoms with E-state index >= 15 is 0 Å². The predicted molar refractivity (Wildman–Crippen MR) is 75.2 cm³/mol. The van der Waals surface area contributed by atoms with E-state index in [1.807, 2.05) is 0 Å². The molecule has 0 spiro atoms. The molecule has 19 heavy (non-hydrogen) atoms. The maximum atomic E-state index is 11.1. The Bertz CT molecular complexity index is 615. The number of oxazole rings is 1. The number of hydrogen-bond donors (Lipinski definition) is 4. The monoisotopic (exact) mass is 265 g/mol. The maximum Gasteiger partial charge on any atom is 0.417 e. The number of nitrogens with one attached hydrogen (secondary N) is 2. The first-order valence-electron chi connectivity index (χ1n) is 6.30. The van der Waals surface area contributed by atoms with Gasteiger partial charge in [0.15, 0.2) is 5.58 Å².